The fraction of sp³-hybridized carbons (Fsp3) is 0.273. The molecular formula is C11H12ClIN4. The molecule has 0 amide bonds. The average molecular weight is 363 g/mol. The average Bonchev–Trinajstić information content (AvgIpc) is 2.57. The van der Waals surface area contributed by atoms with Gasteiger partial charge in [0.15, 0.2) is 0 Å². The van der Waals surface area contributed by atoms with Crippen molar-refractivity contribution in [3.63, 3.8) is 0 Å². The van der Waals surface area contributed by atoms with Gasteiger partial charge in [-0.1, -0.05) is 23.7 Å². The molecule has 0 fully saturated rings. The van der Waals surface area contributed by atoms with E-state index in [0.29, 0.717) is 10.7 Å². The lowest BCUT2D eigenvalue weighted by molar-refractivity contribution is 0.187. The maximum atomic E-state index is 6.03. The lowest BCUT2D eigenvalue weighted by Crippen LogP contribution is -2.42. The Bertz CT molecular complexity index is 462. The van der Waals surface area contributed by atoms with Crippen molar-refractivity contribution in [2.24, 2.45) is 10.2 Å². The number of benzene rings is 1. The topological polar surface area (TPSA) is 31.2 Å². The van der Waals surface area contributed by atoms with Crippen LogP contribution in [0.4, 0.5) is 5.69 Å². The Kier molecular flexibility index (Phi) is 3.58. The smallest absolute Gasteiger partial charge is 0.281 e. The number of alkyl halides is 1. The lowest BCUT2D eigenvalue weighted by Gasteiger charge is -2.31. The summed E-state index contributed by atoms with van der Waals surface area (Å²) in [6, 6.07) is 7.40. The molecule has 2 rings (SSSR count). The standard InChI is InChI=1S/C11H12ClIN4/c1-16-7-8-17(2)11(16,13)15-14-10-6-4-3-5-9(10)12/h3-8H,1-2H3. The molecule has 1 aliphatic rings. The zero-order chi connectivity index (χ0) is 12.5. The summed E-state index contributed by atoms with van der Waals surface area (Å²) in [5.41, 5.74) is 0.680. The van der Waals surface area contributed by atoms with E-state index in [2.05, 4.69) is 32.8 Å². The van der Waals surface area contributed by atoms with Crippen LogP contribution < -0.4 is 0 Å². The molecule has 0 aromatic heterocycles. The molecule has 17 heavy (non-hydrogen) atoms. The quantitative estimate of drug-likeness (QED) is 0.347. The molecule has 0 bridgehead atoms. The number of rotatable bonds is 2. The molecule has 1 aliphatic heterocycles. The van der Waals surface area contributed by atoms with E-state index in [4.69, 9.17) is 11.6 Å². The van der Waals surface area contributed by atoms with Crippen molar-refractivity contribution in [3.05, 3.63) is 41.7 Å². The van der Waals surface area contributed by atoms with Gasteiger partial charge in [-0.2, -0.15) is 0 Å². The van der Waals surface area contributed by atoms with Gasteiger partial charge in [0.25, 0.3) is 3.79 Å². The van der Waals surface area contributed by atoms with E-state index >= 15 is 0 Å². The molecule has 0 atom stereocenters. The fourth-order valence-corrected chi connectivity index (χ4v) is 2.03. The van der Waals surface area contributed by atoms with Crippen molar-refractivity contribution in [2.45, 2.75) is 3.79 Å². The van der Waals surface area contributed by atoms with Crippen molar-refractivity contribution >= 4 is 39.9 Å². The van der Waals surface area contributed by atoms with E-state index in [1.54, 1.807) is 6.07 Å². The summed E-state index contributed by atoms with van der Waals surface area (Å²) in [6.45, 7) is 0. The van der Waals surface area contributed by atoms with Gasteiger partial charge in [-0.25, -0.2) is 0 Å². The maximum Gasteiger partial charge on any atom is 0.281 e. The molecular weight excluding hydrogens is 351 g/mol. The zero-order valence-corrected chi connectivity index (χ0v) is 12.4. The zero-order valence-electron chi connectivity index (χ0n) is 9.51. The Labute approximate surface area is 119 Å². The van der Waals surface area contributed by atoms with Crippen LogP contribution in [0.2, 0.25) is 5.02 Å². The fourth-order valence-electron chi connectivity index (χ4n) is 1.43. The summed E-state index contributed by atoms with van der Waals surface area (Å²) in [4.78, 5) is 3.96. The van der Waals surface area contributed by atoms with E-state index in [1.165, 1.54) is 0 Å². The van der Waals surface area contributed by atoms with Gasteiger partial charge >= 0.3 is 0 Å². The van der Waals surface area contributed by atoms with Gasteiger partial charge in [0.1, 0.15) is 5.69 Å². The summed E-state index contributed by atoms with van der Waals surface area (Å²) in [7, 11) is 3.91. The lowest BCUT2D eigenvalue weighted by atomic mass is 10.3. The third-order valence-electron chi connectivity index (χ3n) is 2.55. The first-order chi connectivity index (χ1) is 8.04. The first kappa shape index (κ1) is 12.6. The summed E-state index contributed by atoms with van der Waals surface area (Å²) in [5, 5.41) is 9.19. The van der Waals surface area contributed by atoms with Crippen molar-refractivity contribution in [1.82, 2.24) is 9.80 Å². The van der Waals surface area contributed by atoms with Crippen LogP contribution in [0, 0.1) is 0 Å². The van der Waals surface area contributed by atoms with Crippen LogP contribution in [-0.2, 0) is 0 Å². The second-order valence-corrected chi connectivity index (χ2v) is 5.58. The second-order valence-electron chi connectivity index (χ2n) is 3.72. The predicted molar refractivity (Wildman–Crippen MR) is 77.4 cm³/mol. The molecule has 0 unspecified atom stereocenters. The van der Waals surface area contributed by atoms with Crippen LogP contribution in [0.25, 0.3) is 0 Å². The van der Waals surface area contributed by atoms with Crippen LogP contribution in [0.15, 0.2) is 46.9 Å². The van der Waals surface area contributed by atoms with Gasteiger partial charge in [0.05, 0.1) is 5.02 Å². The Morgan fingerprint density at radius 3 is 2.35 bits per heavy atom. The molecule has 0 N–H and O–H groups in total. The first-order valence-corrected chi connectivity index (χ1v) is 6.50. The largest absolute Gasteiger partial charge is 0.329 e. The number of azo groups is 1. The van der Waals surface area contributed by atoms with Gasteiger partial charge in [-0.15, -0.1) is 10.2 Å². The van der Waals surface area contributed by atoms with Crippen molar-refractivity contribution < 1.29 is 0 Å². The molecule has 0 saturated heterocycles. The Balaban J connectivity index is 2.24. The number of hydrogen-bond donors (Lipinski definition) is 0. The van der Waals surface area contributed by atoms with E-state index in [-0.39, 0.29) is 0 Å². The molecule has 1 aromatic rings. The Morgan fingerprint density at radius 1 is 1.18 bits per heavy atom. The molecule has 1 aromatic carbocycles. The molecule has 0 saturated carbocycles. The summed E-state index contributed by atoms with van der Waals surface area (Å²) >= 11 is 8.27. The highest BCUT2D eigenvalue weighted by Crippen LogP contribution is 2.35. The third-order valence-corrected chi connectivity index (χ3v) is 4.61. The van der Waals surface area contributed by atoms with Crippen molar-refractivity contribution in [3.8, 4) is 0 Å². The first-order valence-electron chi connectivity index (χ1n) is 5.04. The predicted octanol–water partition coefficient (Wildman–Crippen LogP) is 3.82. The van der Waals surface area contributed by atoms with Gasteiger partial charge < -0.3 is 9.80 Å². The molecule has 6 heteroatoms. The minimum Gasteiger partial charge on any atom is -0.329 e. The van der Waals surface area contributed by atoms with Crippen LogP contribution in [-0.4, -0.2) is 27.7 Å². The molecule has 0 radical (unpaired) electrons. The monoisotopic (exact) mass is 362 g/mol. The van der Waals surface area contributed by atoms with Crippen molar-refractivity contribution in [2.75, 3.05) is 14.1 Å². The van der Waals surface area contributed by atoms with Gasteiger partial charge in [0, 0.05) is 49.1 Å². The van der Waals surface area contributed by atoms with Crippen molar-refractivity contribution in [1.29, 1.82) is 0 Å². The van der Waals surface area contributed by atoms with Crippen LogP contribution in [0.3, 0.4) is 0 Å². The Morgan fingerprint density at radius 2 is 1.76 bits per heavy atom. The number of halogens is 2. The van der Waals surface area contributed by atoms with Crippen LogP contribution >= 0.6 is 34.2 Å². The number of nitrogens with zero attached hydrogens (tertiary/aromatic N) is 4. The highest BCUT2D eigenvalue weighted by atomic mass is 127. The summed E-state index contributed by atoms with van der Waals surface area (Å²) in [5.74, 6) is 0. The van der Waals surface area contributed by atoms with E-state index < -0.39 is 3.79 Å². The van der Waals surface area contributed by atoms with E-state index in [0.717, 1.165) is 0 Å². The summed E-state index contributed by atoms with van der Waals surface area (Å²) in [6.07, 6.45) is 3.91. The molecule has 0 aliphatic carbocycles. The minimum absolute atomic E-state index is 0.517. The van der Waals surface area contributed by atoms with Gasteiger partial charge in [0.2, 0.25) is 0 Å². The normalized spacial score (nSPS) is 18.4. The van der Waals surface area contributed by atoms with Gasteiger partial charge in [-0.05, 0) is 12.1 Å². The second kappa shape index (κ2) is 4.81. The van der Waals surface area contributed by atoms with Crippen LogP contribution in [0.5, 0.6) is 0 Å². The molecule has 1 heterocycles. The van der Waals surface area contributed by atoms with Gasteiger partial charge in [-0.3, -0.25) is 0 Å². The Hall–Kier alpha value is -0.820. The molecule has 0 spiro atoms. The van der Waals surface area contributed by atoms with E-state index in [1.807, 2.05) is 54.5 Å². The van der Waals surface area contributed by atoms with E-state index in [9.17, 15) is 0 Å². The third kappa shape index (κ3) is 2.40. The number of hydrogen-bond acceptors (Lipinski definition) is 4. The highest BCUT2D eigenvalue weighted by Gasteiger charge is 2.37. The molecule has 4 nitrogen and oxygen atoms in total. The summed E-state index contributed by atoms with van der Waals surface area (Å²) < 4.78 is -0.517. The maximum absolute atomic E-state index is 6.03. The van der Waals surface area contributed by atoms with Crippen LogP contribution in [0.1, 0.15) is 0 Å². The SMILES string of the molecule is CN1C=CN(C)C1(I)N=Nc1ccccc1Cl. The highest BCUT2D eigenvalue weighted by molar-refractivity contribution is 14.1. The molecule has 90 valence electrons. The minimum atomic E-state index is -0.517.